The molecule has 0 amide bonds. The lowest BCUT2D eigenvalue weighted by Crippen LogP contribution is -2.63. The zero-order chi connectivity index (χ0) is 13.8. The van der Waals surface area contributed by atoms with Gasteiger partial charge in [-0.05, 0) is 18.8 Å². The number of hydrogen-bond acceptors (Lipinski definition) is 4. The highest BCUT2D eigenvalue weighted by Crippen LogP contribution is 2.46. The average Bonchev–Trinajstić information content (AvgIpc) is 3.08. The summed E-state index contributed by atoms with van der Waals surface area (Å²) < 4.78 is 27.5. The fourth-order valence-corrected chi connectivity index (χ4v) is 2.61. The molecule has 2 fully saturated rings. The normalized spacial score (nSPS) is 21.1. The first-order valence-corrected chi connectivity index (χ1v) is 6.01. The molecule has 5 nitrogen and oxygen atoms in total. The Hall–Kier alpha value is -1.76. The van der Waals surface area contributed by atoms with Gasteiger partial charge in [-0.3, -0.25) is 10.1 Å². The van der Waals surface area contributed by atoms with E-state index in [0.29, 0.717) is 12.1 Å². The Morgan fingerprint density at radius 1 is 1.32 bits per heavy atom. The SMILES string of the molecule is O=[N+]([O-])c1cc(F)c(N2CC(O)(C3CC3)C2)c(F)c1. The van der Waals surface area contributed by atoms with Gasteiger partial charge in [-0.15, -0.1) is 0 Å². The summed E-state index contributed by atoms with van der Waals surface area (Å²) in [5.41, 5.74) is -1.77. The van der Waals surface area contributed by atoms with Gasteiger partial charge in [0.25, 0.3) is 5.69 Å². The van der Waals surface area contributed by atoms with Crippen LogP contribution >= 0.6 is 0 Å². The maximum atomic E-state index is 13.7. The summed E-state index contributed by atoms with van der Waals surface area (Å²) in [7, 11) is 0. The molecular formula is C12H12F2N2O3. The third kappa shape index (κ3) is 1.94. The van der Waals surface area contributed by atoms with Crippen molar-refractivity contribution in [3.8, 4) is 0 Å². The summed E-state index contributed by atoms with van der Waals surface area (Å²) >= 11 is 0. The van der Waals surface area contributed by atoms with E-state index in [2.05, 4.69) is 0 Å². The highest BCUT2D eigenvalue weighted by Gasteiger charge is 2.52. The van der Waals surface area contributed by atoms with Crippen LogP contribution in [0.5, 0.6) is 0 Å². The van der Waals surface area contributed by atoms with Crippen molar-refractivity contribution in [2.45, 2.75) is 18.4 Å². The van der Waals surface area contributed by atoms with E-state index in [4.69, 9.17) is 0 Å². The molecule has 0 aromatic heterocycles. The van der Waals surface area contributed by atoms with Crippen molar-refractivity contribution in [3.63, 3.8) is 0 Å². The molecule has 1 heterocycles. The number of β-amino-alcohol motifs (C(OH)–C–C–N with tert-alkyl or cyclic N) is 1. The third-order valence-corrected chi connectivity index (χ3v) is 3.80. The second-order valence-electron chi connectivity index (χ2n) is 5.25. The Kier molecular flexibility index (Phi) is 2.50. The highest BCUT2D eigenvalue weighted by molar-refractivity contribution is 5.56. The van der Waals surface area contributed by atoms with Crippen LogP contribution in [0.1, 0.15) is 12.8 Å². The van der Waals surface area contributed by atoms with E-state index in [-0.39, 0.29) is 24.7 Å². The molecule has 0 atom stereocenters. The Bertz CT molecular complexity index is 531. The van der Waals surface area contributed by atoms with Crippen LogP contribution in [0.3, 0.4) is 0 Å². The van der Waals surface area contributed by atoms with Crippen LogP contribution in [-0.2, 0) is 0 Å². The van der Waals surface area contributed by atoms with E-state index >= 15 is 0 Å². The van der Waals surface area contributed by atoms with Crippen molar-refractivity contribution in [1.82, 2.24) is 0 Å². The predicted molar refractivity (Wildman–Crippen MR) is 62.9 cm³/mol. The molecule has 3 rings (SSSR count). The van der Waals surface area contributed by atoms with Crippen molar-refractivity contribution in [1.29, 1.82) is 0 Å². The van der Waals surface area contributed by atoms with Gasteiger partial charge in [0.15, 0.2) is 11.6 Å². The molecule has 2 aliphatic rings. The van der Waals surface area contributed by atoms with Crippen molar-refractivity contribution in [3.05, 3.63) is 33.9 Å². The van der Waals surface area contributed by atoms with Gasteiger partial charge in [-0.25, -0.2) is 8.78 Å². The molecule has 0 bridgehead atoms. The average molecular weight is 270 g/mol. The fourth-order valence-electron chi connectivity index (χ4n) is 2.61. The standard InChI is InChI=1S/C12H12F2N2O3/c13-9-3-8(16(18)19)4-10(14)11(9)15-5-12(17,6-15)7-1-2-7/h3-4,7,17H,1-2,5-6H2. The molecular weight excluding hydrogens is 258 g/mol. The molecule has 1 saturated carbocycles. The summed E-state index contributed by atoms with van der Waals surface area (Å²) in [6.07, 6.45) is 1.88. The van der Waals surface area contributed by atoms with Crippen molar-refractivity contribution in [2.24, 2.45) is 5.92 Å². The maximum absolute atomic E-state index is 13.7. The number of hydrogen-bond donors (Lipinski definition) is 1. The van der Waals surface area contributed by atoms with E-state index in [0.717, 1.165) is 12.8 Å². The summed E-state index contributed by atoms with van der Waals surface area (Å²) in [4.78, 5) is 11.0. The van der Waals surface area contributed by atoms with Gasteiger partial charge in [-0.1, -0.05) is 0 Å². The smallest absolute Gasteiger partial charge is 0.275 e. The van der Waals surface area contributed by atoms with Gasteiger partial charge in [0, 0.05) is 13.1 Å². The Balaban J connectivity index is 1.84. The molecule has 102 valence electrons. The molecule has 1 aromatic carbocycles. The number of nitro groups is 1. The summed E-state index contributed by atoms with van der Waals surface area (Å²) in [5.74, 6) is -1.72. The zero-order valence-electron chi connectivity index (χ0n) is 9.97. The molecule has 7 heteroatoms. The topological polar surface area (TPSA) is 66.6 Å². The molecule has 19 heavy (non-hydrogen) atoms. The lowest BCUT2D eigenvalue weighted by atomic mass is 9.88. The van der Waals surface area contributed by atoms with Crippen LogP contribution in [-0.4, -0.2) is 28.7 Å². The molecule has 1 aliphatic carbocycles. The van der Waals surface area contributed by atoms with E-state index < -0.39 is 27.8 Å². The predicted octanol–water partition coefficient (Wildman–Crippen LogP) is 1.83. The summed E-state index contributed by atoms with van der Waals surface area (Å²) in [5, 5.41) is 20.6. The van der Waals surface area contributed by atoms with Gasteiger partial charge in [0.2, 0.25) is 0 Å². The number of nitrogens with zero attached hydrogens (tertiary/aromatic N) is 2. The fraction of sp³-hybridized carbons (Fsp3) is 0.500. The molecule has 1 aliphatic heterocycles. The molecule has 0 spiro atoms. The second-order valence-corrected chi connectivity index (χ2v) is 5.25. The number of anilines is 1. The Morgan fingerprint density at radius 2 is 1.84 bits per heavy atom. The molecule has 0 radical (unpaired) electrons. The van der Waals surface area contributed by atoms with Gasteiger partial charge in [0.05, 0.1) is 17.1 Å². The second kappa shape index (κ2) is 3.86. The number of non-ortho nitro benzene ring substituents is 1. The largest absolute Gasteiger partial charge is 0.386 e. The first-order chi connectivity index (χ1) is 8.90. The number of rotatable bonds is 3. The van der Waals surface area contributed by atoms with Crippen molar-refractivity contribution < 1.29 is 18.8 Å². The van der Waals surface area contributed by atoms with Gasteiger partial charge in [-0.2, -0.15) is 0 Å². The van der Waals surface area contributed by atoms with E-state index in [9.17, 15) is 24.0 Å². The van der Waals surface area contributed by atoms with E-state index in [1.807, 2.05) is 0 Å². The molecule has 1 saturated heterocycles. The lowest BCUT2D eigenvalue weighted by Gasteiger charge is -2.48. The van der Waals surface area contributed by atoms with Crippen molar-refractivity contribution in [2.75, 3.05) is 18.0 Å². The van der Waals surface area contributed by atoms with E-state index in [1.165, 1.54) is 4.90 Å². The van der Waals surface area contributed by atoms with Gasteiger partial charge < -0.3 is 10.0 Å². The Morgan fingerprint density at radius 3 is 2.26 bits per heavy atom. The Labute approximate surface area is 107 Å². The maximum Gasteiger partial charge on any atom is 0.275 e. The summed E-state index contributed by atoms with van der Waals surface area (Å²) in [6.45, 7) is 0.340. The number of aliphatic hydroxyl groups is 1. The van der Waals surface area contributed by atoms with Crippen LogP contribution < -0.4 is 4.90 Å². The van der Waals surface area contributed by atoms with Crippen LogP contribution in [0, 0.1) is 27.7 Å². The third-order valence-electron chi connectivity index (χ3n) is 3.80. The molecule has 1 N–H and O–H groups in total. The number of nitro benzene ring substituents is 1. The van der Waals surface area contributed by atoms with E-state index in [1.54, 1.807) is 0 Å². The number of halogens is 2. The minimum Gasteiger partial charge on any atom is -0.386 e. The zero-order valence-corrected chi connectivity index (χ0v) is 9.97. The number of benzene rings is 1. The van der Waals surface area contributed by atoms with Crippen LogP contribution in [0.4, 0.5) is 20.2 Å². The summed E-state index contributed by atoms with van der Waals surface area (Å²) in [6, 6.07) is 1.40. The van der Waals surface area contributed by atoms with Gasteiger partial charge >= 0.3 is 0 Å². The first-order valence-electron chi connectivity index (χ1n) is 6.01. The quantitative estimate of drug-likeness (QED) is 0.672. The van der Waals surface area contributed by atoms with Crippen LogP contribution in [0.2, 0.25) is 0 Å². The first kappa shape index (κ1) is 12.3. The monoisotopic (exact) mass is 270 g/mol. The van der Waals surface area contributed by atoms with Crippen LogP contribution in [0.25, 0.3) is 0 Å². The molecule has 1 aromatic rings. The minimum absolute atomic E-state index is 0.170. The minimum atomic E-state index is -0.968. The molecule has 0 unspecified atom stereocenters. The lowest BCUT2D eigenvalue weighted by molar-refractivity contribution is -0.385. The van der Waals surface area contributed by atoms with Gasteiger partial charge in [0.1, 0.15) is 11.3 Å². The van der Waals surface area contributed by atoms with Crippen LogP contribution in [0.15, 0.2) is 12.1 Å². The highest BCUT2D eigenvalue weighted by atomic mass is 19.1. The van der Waals surface area contributed by atoms with Crippen molar-refractivity contribution >= 4 is 11.4 Å².